The first-order valence-electron chi connectivity index (χ1n) is 10.8. The van der Waals surface area contributed by atoms with E-state index in [2.05, 4.69) is 15.7 Å². The van der Waals surface area contributed by atoms with Crippen molar-refractivity contribution in [2.75, 3.05) is 6.54 Å². The van der Waals surface area contributed by atoms with Crippen molar-refractivity contribution in [1.82, 2.24) is 20.4 Å². The number of aromatic nitrogens is 2. The van der Waals surface area contributed by atoms with E-state index in [1.165, 1.54) is 19.3 Å². The lowest BCUT2D eigenvalue weighted by Crippen LogP contribution is -2.52. The van der Waals surface area contributed by atoms with E-state index in [0.29, 0.717) is 24.8 Å². The Kier molecular flexibility index (Phi) is 15.3. The van der Waals surface area contributed by atoms with Crippen molar-refractivity contribution in [2.45, 2.75) is 83.5 Å². The van der Waals surface area contributed by atoms with E-state index in [-0.39, 0.29) is 58.7 Å². The number of nitrogens with zero attached hydrogens (tertiary/aromatic N) is 2. The van der Waals surface area contributed by atoms with Crippen LogP contribution in [0.3, 0.4) is 0 Å². The van der Waals surface area contributed by atoms with Gasteiger partial charge in [0.1, 0.15) is 6.04 Å². The molecule has 31 heavy (non-hydrogen) atoms. The maximum atomic E-state index is 12.6. The number of carbonyl (C=O) groups excluding carboxylic acids is 2. The summed E-state index contributed by atoms with van der Waals surface area (Å²) in [6.45, 7) is 4.87. The van der Waals surface area contributed by atoms with Gasteiger partial charge in [0.2, 0.25) is 11.8 Å². The average Bonchev–Trinajstić information content (AvgIpc) is 3.19. The zero-order chi connectivity index (χ0) is 21.2. The van der Waals surface area contributed by atoms with Crippen LogP contribution in [0.25, 0.3) is 0 Å². The molecule has 0 bridgehead atoms. The summed E-state index contributed by atoms with van der Waals surface area (Å²) >= 11 is 0. The van der Waals surface area contributed by atoms with Crippen molar-refractivity contribution in [3.63, 3.8) is 0 Å². The van der Waals surface area contributed by atoms with Gasteiger partial charge in [-0.15, -0.1) is 34.0 Å². The zero-order valence-corrected chi connectivity index (χ0v) is 22.0. The fraction of sp³-hybridized carbons (Fsp3) is 0.762. The molecule has 0 unspecified atom stereocenters. The lowest BCUT2D eigenvalue weighted by Gasteiger charge is -2.30. The maximum Gasteiger partial charge on any atom is 0.239 e. The normalized spacial score (nSPS) is 17.1. The molecule has 1 saturated carbocycles. The van der Waals surface area contributed by atoms with Gasteiger partial charge in [-0.3, -0.25) is 14.3 Å². The number of hydrogen-bond acceptors (Lipinski definition) is 5. The SMILES string of the molecule is Br.Br.CC(C)CNC(=O)C[C@H](O)[C@H](CC1CCCCC1)NC(=O)[C@@H](N)Cn1cccn1. The lowest BCUT2D eigenvalue weighted by atomic mass is 9.83. The Hall–Kier alpha value is -0.970. The summed E-state index contributed by atoms with van der Waals surface area (Å²) in [5, 5.41) is 20.5. The van der Waals surface area contributed by atoms with Gasteiger partial charge in [-0.2, -0.15) is 5.10 Å². The largest absolute Gasteiger partial charge is 0.390 e. The molecule has 0 spiro atoms. The van der Waals surface area contributed by atoms with Crippen LogP contribution in [-0.4, -0.2) is 51.4 Å². The van der Waals surface area contributed by atoms with Crippen LogP contribution in [0.15, 0.2) is 18.5 Å². The molecule has 1 fully saturated rings. The number of carbonyl (C=O) groups is 2. The highest BCUT2D eigenvalue weighted by Crippen LogP contribution is 2.28. The third kappa shape index (κ3) is 11.5. The fourth-order valence-corrected chi connectivity index (χ4v) is 3.80. The van der Waals surface area contributed by atoms with Crippen LogP contribution in [0.4, 0.5) is 0 Å². The predicted octanol–water partition coefficient (Wildman–Crippen LogP) is 2.34. The minimum absolute atomic E-state index is 0. The molecule has 2 amide bonds. The van der Waals surface area contributed by atoms with Gasteiger partial charge in [0.05, 0.1) is 25.1 Å². The standard InChI is InChI=1S/C21H37N5O3.2BrH/c1-15(2)13-23-20(28)12-19(27)18(11-16-7-4-3-5-8-16)25-21(29)17(22)14-26-10-6-9-24-26;;/h6,9-10,15-19,27H,3-5,7-8,11-14,22H2,1-2H3,(H,23,28)(H,25,29);2*1H/t17-,18-,19-;;/m0../s1. The Morgan fingerprint density at radius 1 is 1.23 bits per heavy atom. The molecule has 1 aliphatic carbocycles. The number of hydrogen-bond donors (Lipinski definition) is 4. The maximum absolute atomic E-state index is 12.6. The molecule has 3 atom stereocenters. The summed E-state index contributed by atoms with van der Waals surface area (Å²) in [7, 11) is 0. The van der Waals surface area contributed by atoms with Crippen LogP contribution in [0.5, 0.6) is 0 Å². The molecule has 2 rings (SSSR count). The van der Waals surface area contributed by atoms with Gasteiger partial charge in [-0.25, -0.2) is 0 Å². The van der Waals surface area contributed by atoms with Gasteiger partial charge in [0.25, 0.3) is 0 Å². The second kappa shape index (κ2) is 15.8. The lowest BCUT2D eigenvalue weighted by molar-refractivity contribution is -0.127. The van der Waals surface area contributed by atoms with Crippen LogP contribution in [-0.2, 0) is 16.1 Å². The van der Waals surface area contributed by atoms with Crippen molar-refractivity contribution >= 4 is 45.8 Å². The quantitative estimate of drug-likeness (QED) is 0.326. The number of rotatable bonds is 11. The van der Waals surface area contributed by atoms with E-state index in [4.69, 9.17) is 5.73 Å². The van der Waals surface area contributed by atoms with Crippen molar-refractivity contribution in [3.8, 4) is 0 Å². The summed E-state index contributed by atoms with van der Waals surface area (Å²) in [6.07, 6.45) is 8.86. The summed E-state index contributed by atoms with van der Waals surface area (Å²) in [6, 6.07) is 0.514. The van der Waals surface area contributed by atoms with Gasteiger partial charge in [-0.05, 0) is 24.3 Å². The number of amides is 2. The van der Waals surface area contributed by atoms with E-state index < -0.39 is 18.2 Å². The summed E-state index contributed by atoms with van der Waals surface area (Å²) < 4.78 is 1.61. The highest BCUT2D eigenvalue weighted by atomic mass is 79.9. The van der Waals surface area contributed by atoms with Crippen molar-refractivity contribution in [2.24, 2.45) is 17.6 Å². The molecule has 10 heteroatoms. The summed E-state index contributed by atoms with van der Waals surface area (Å²) in [5.74, 6) is 0.261. The predicted molar refractivity (Wildman–Crippen MR) is 132 cm³/mol. The molecule has 1 aromatic rings. The molecule has 5 N–H and O–H groups in total. The summed E-state index contributed by atoms with van der Waals surface area (Å²) in [5.41, 5.74) is 6.04. The Labute approximate surface area is 206 Å². The van der Waals surface area contributed by atoms with Gasteiger partial charge in [0.15, 0.2) is 0 Å². The zero-order valence-electron chi connectivity index (χ0n) is 18.5. The van der Waals surface area contributed by atoms with Crippen LogP contribution in [0.2, 0.25) is 0 Å². The van der Waals surface area contributed by atoms with E-state index in [9.17, 15) is 14.7 Å². The highest BCUT2D eigenvalue weighted by molar-refractivity contribution is 8.93. The van der Waals surface area contributed by atoms with E-state index in [1.807, 2.05) is 13.8 Å². The first kappa shape index (κ1) is 30.0. The molecular formula is C21H39Br2N5O3. The van der Waals surface area contributed by atoms with Crippen LogP contribution < -0.4 is 16.4 Å². The van der Waals surface area contributed by atoms with E-state index >= 15 is 0 Å². The Bertz CT molecular complexity index is 625. The van der Waals surface area contributed by atoms with Gasteiger partial charge >= 0.3 is 0 Å². The van der Waals surface area contributed by atoms with Gasteiger partial charge < -0.3 is 21.5 Å². The van der Waals surface area contributed by atoms with Gasteiger partial charge in [-0.1, -0.05) is 46.0 Å². The minimum atomic E-state index is -0.940. The second-order valence-corrected chi connectivity index (χ2v) is 8.66. The molecular weight excluding hydrogens is 530 g/mol. The van der Waals surface area contributed by atoms with E-state index in [0.717, 1.165) is 12.8 Å². The molecule has 0 radical (unpaired) electrons. The summed E-state index contributed by atoms with van der Waals surface area (Å²) in [4.78, 5) is 24.8. The number of halogens is 2. The Morgan fingerprint density at radius 2 is 1.90 bits per heavy atom. The minimum Gasteiger partial charge on any atom is -0.390 e. The van der Waals surface area contributed by atoms with Crippen molar-refractivity contribution in [3.05, 3.63) is 18.5 Å². The highest BCUT2D eigenvalue weighted by Gasteiger charge is 2.29. The van der Waals surface area contributed by atoms with Crippen molar-refractivity contribution < 1.29 is 14.7 Å². The Balaban J connectivity index is 0.00000450. The third-order valence-corrected chi connectivity index (χ3v) is 5.49. The molecule has 8 nitrogen and oxygen atoms in total. The topological polar surface area (TPSA) is 122 Å². The number of aliphatic hydroxyl groups is 1. The smallest absolute Gasteiger partial charge is 0.239 e. The third-order valence-electron chi connectivity index (χ3n) is 5.49. The molecule has 1 aromatic heterocycles. The monoisotopic (exact) mass is 567 g/mol. The van der Waals surface area contributed by atoms with Gasteiger partial charge in [0, 0.05) is 18.9 Å². The molecule has 1 aliphatic rings. The second-order valence-electron chi connectivity index (χ2n) is 8.66. The van der Waals surface area contributed by atoms with Crippen LogP contribution in [0.1, 0.15) is 58.8 Å². The average molecular weight is 569 g/mol. The number of nitrogens with two attached hydrogens (primary N) is 1. The van der Waals surface area contributed by atoms with Crippen LogP contribution >= 0.6 is 34.0 Å². The first-order chi connectivity index (χ1) is 13.8. The molecule has 180 valence electrons. The molecule has 0 saturated heterocycles. The van der Waals surface area contributed by atoms with Crippen LogP contribution in [0, 0.1) is 11.8 Å². The fourth-order valence-electron chi connectivity index (χ4n) is 3.80. The first-order valence-corrected chi connectivity index (χ1v) is 10.8. The molecule has 0 aliphatic heterocycles. The van der Waals surface area contributed by atoms with E-state index in [1.54, 1.807) is 23.1 Å². The van der Waals surface area contributed by atoms with Crippen molar-refractivity contribution in [1.29, 1.82) is 0 Å². The Morgan fingerprint density at radius 3 is 2.48 bits per heavy atom. The number of aliphatic hydroxyl groups excluding tert-OH is 1. The number of nitrogens with one attached hydrogen (secondary N) is 2. The molecule has 1 heterocycles. The molecule has 0 aromatic carbocycles.